The van der Waals surface area contributed by atoms with Crippen LogP contribution < -0.4 is 14.8 Å². The molecular weight excluding hydrogens is 407 g/mol. The molecule has 0 amide bonds. The van der Waals surface area contributed by atoms with Gasteiger partial charge in [0.05, 0.1) is 24.4 Å². The Morgan fingerprint density at radius 3 is 2.61 bits per heavy atom. The van der Waals surface area contributed by atoms with Crippen molar-refractivity contribution >= 4 is 0 Å². The first kappa shape index (κ1) is 20.6. The molecule has 7 heteroatoms. The van der Waals surface area contributed by atoms with Crippen molar-refractivity contribution in [3.05, 3.63) is 59.7 Å². The maximum atomic E-state index is 12.8. The fraction of sp³-hybridized carbons (Fsp3) is 0.500. The molecule has 3 aliphatic rings. The molecule has 1 N–H and O–H groups in total. The molecule has 2 aromatic carbocycles. The molecule has 5 rings (SSSR count). The first-order valence-corrected chi connectivity index (χ1v) is 10.9. The minimum Gasteiger partial charge on any atom is -0.490 e. The lowest BCUT2D eigenvalue weighted by Crippen LogP contribution is -2.48. The molecule has 4 nitrogen and oxygen atoms in total. The molecule has 2 aromatic rings. The third-order valence-corrected chi connectivity index (χ3v) is 6.42. The van der Waals surface area contributed by atoms with Crippen LogP contribution in [-0.4, -0.2) is 31.2 Å². The molecule has 0 aromatic heterocycles. The Morgan fingerprint density at radius 1 is 1.06 bits per heavy atom. The van der Waals surface area contributed by atoms with Gasteiger partial charge in [-0.25, -0.2) is 0 Å². The summed E-state index contributed by atoms with van der Waals surface area (Å²) in [5, 5.41) is 3.61. The predicted molar refractivity (Wildman–Crippen MR) is 109 cm³/mol. The van der Waals surface area contributed by atoms with Crippen molar-refractivity contribution in [1.82, 2.24) is 5.32 Å². The molecule has 0 radical (unpaired) electrons. The van der Waals surface area contributed by atoms with E-state index in [2.05, 4.69) is 22.2 Å². The van der Waals surface area contributed by atoms with Crippen LogP contribution in [0.25, 0.3) is 0 Å². The lowest BCUT2D eigenvalue weighted by atomic mass is 9.77. The Hall–Kier alpha value is -2.25. The summed E-state index contributed by atoms with van der Waals surface area (Å²) in [5.41, 5.74) is 1.52. The fourth-order valence-corrected chi connectivity index (χ4v) is 4.92. The van der Waals surface area contributed by atoms with Crippen molar-refractivity contribution in [2.75, 3.05) is 13.2 Å². The highest BCUT2D eigenvalue weighted by atomic mass is 19.4. The van der Waals surface area contributed by atoms with Gasteiger partial charge in [0.15, 0.2) is 0 Å². The Kier molecular flexibility index (Phi) is 5.34. The second-order valence-corrected chi connectivity index (χ2v) is 8.74. The summed E-state index contributed by atoms with van der Waals surface area (Å²) in [5.74, 6) is 0.368. The highest BCUT2D eigenvalue weighted by molar-refractivity contribution is 5.44. The zero-order chi connectivity index (χ0) is 21.5. The number of piperidine rings is 1. The normalized spacial score (nSPS) is 28.6. The largest absolute Gasteiger partial charge is 0.573 e. The molecule has 31 heavy (non-hydrogen) atoms. The quantitative estimate of drug-likeness (QED) is 0.677. The third-order valence-electron chi connectivity index (χ3n) is 6.42. The number of ether oxygens (including phenoxy) is 3. The molecule has 1 spiro atoms. The number of benzene rings is 2. The van der Waals surface area contributed by atoms with Gasteiger partial charge in [0, 0.05) is 11.5 Å². The van der Waals surface area contributed by atoms with E-state index in [0.29, 0.717) is 12.4 Å². The van der Waals surface area contributed by atoms with E-state index in [1.165, 1.54) is 17.7 Å². The van der Waals surface area contributed by atoms with E-state index >= 15 is 0 Å². The van der Waals surface area contributed by atoms with Crippen molar-refractivity contribution in [2.24, 2.45) is 0 Å². The number of alkyl halides is 3. The average molecular weight is 433 g/mol. The van der Waals surface area contributed by atoms with E-state index in [-0.39, 0.29) is 29.4 Å². The lowest BCUT2D eigenvalue weighted by molar-refractivity contribution is -0.274. The van der Waals surface area contributed by atoms with Crippen LogP contribution in [0.1, 0.15) is 55.2 Å². The van der Waals surface area contributed by atoms with Gasteiger partial charge in [-0.3, -0.25) is 0 Å². The third kappa shape index (κ3) is 4.53. The zero-order valence-corrected chi connectivity index (χ0v) is 17.2. The second kappa shape index (κ2) is 8.02. The van der Waals surface area contributed by atoms with E-state index in [0.717, 1.165) is 44.2 Å². The topological polar surface area (TPSA) is 39.7 Å². The number of hydrogen-bond acceptors (Lipinski definition) is 4. The first-order chi connectivity index (χ1) is 14.9. The molecule has 1 aliphatic carbocycles. The van der Waals surface area contributed by atoms with Gasteiger partial charge in [0.25, 0.3) is 0 Å². The molecule has 3 fully saturated rings. The van der Waals surface area contributed by atoms with Gasteiger partial charge in [-0.15, -0.1) is 13.2 Å². The van der Waals surface area contributed by atoms with E-state index in [1.807, 2.05) is 18.2 Å². The second-order valence-electron chi connectivity index (χ2n) is 8.74. The Balaban J connectivity index is 1.44. The number of nitrogens with one attached hydrogen (secondary N) is 1. The van der Waals surface area contributed by atoms with Crippen LogP contribution >= 0.6 is 0 Å². The maximum Gasteiger partial charge on any atom is 0.573 e. The van der Waals surface area contributed by atoms with Crippen LogP contribution in [0.5, 0.6) is 11.5 Å². The monoisotopic (exact) mass is 433 g/mol. The standard InChI is InChI=1S/C24H26F3NO3/c25-24(26,27)31-19-9-10-21(30-18-7-8-18)20(13-19)17-14-23(29-15-17)11-4-12-28-22(23)16-5-2-1-3-6-16/h1-3,5-6,9-10,13,17-18,22,28H,4,7-8,11-12,14-15H2/t17-,22+,23?/m1/s1. The lowest BCUT2D eigenvalue weighted by Gasteiger charge is -2.41. The molecule has 166 valence electrons. The smallest absolute Gasteiger partial charge is 0.490 e. The molecule has 3 atom stereocenters. The van der Waals surface area contributed by atoms with Crippen LogP contribution in [0.4, 0.5) is 13.2 Å². The van der Waals surface area contributed by atoms with Gasteiger partial charge in [-0.2, -0.15) is 0 Å². The minimum atomic E-state index is -4.73. The molecule has 0 bridgehead atoms. The van der Waals surface area contributed by atoms with Crippen LogP contribution in [-0.2, 0) is 4.74 Å². The first-order valence-electron chi connectivity index (χ1n) is 10.9. The van der Waals surface area contributed by atoms with E-state index < -0.39 is 6.36 Å². The number of rotatable bonds is 5. The van der Waals surface area contributed by atoms with Gasteiger partial charge in [0.2, 0.25) is 0 Å². The van der Waals surface area contributed by atoms with Crippen molar-refractivity contribution in [2.45, 2.75) is 62.1 Å². The van der Waals surface area contributed by atoms with Crippen molar-refractivity contribution in [3.63, 3.8) is 0 Å². The molecule has 2 saturated heterocycles. The number of halogens is 3. The minimum absolute atomic E-state index is 0.0508. The van der Waals surface area contributed by atoms with Gasteiger partial charge in [0.1, 0.15) is 11.5 Å². The molecule has 1 unspecified atom stereocenters. The van der Waals surface area contributed by atoms with Crippen LogP contribution in [0.15, 0.2) is 48.5 Å². The molecule has 2 heterocycles. The van der Waals surface area contributed by atoms with E-state index in [4.69, 9.17) is 9.47 Å². The van der Waals surface area contributed by atoms with Crippen molar-refractivity contribution in [1.29, 1.82) is 0 Å². The van der Waals surface area contributed by atoms with E-state index in [9.17, 15) is 13.2 Å². The summed E-state index contributed by atoms with van der Waals surface area (Å²) in [6, 6.07) is 14.7. The summed E-state index contributed by atoms with van der Waals surface area (Å²) in [4.78, 5) is 0. The highest BCUT2D eigenvalue weighted by Crippen LogP contribution is 2.50. The van der Waals surface area contributed by atoms with Gasteiger partial charge < -0.3 is 19.5 Å². The molecule has 2 aliphatic heterocycles. The van der Waals surface area contributed by atoms with Crippen LogP contribution in [0, 0.1) is 0 Å². The predicted octanol–water partition coefficient (Wildman–Crippen LogP) is 5.49. The highest BCUT2D eigenvalue weighted by Gasteiger charge is 2.49. The van der Waals surface area contributed by atoms with Crippen LogP contribution in [0.2, 0.25) is 0 Å². The van der Waals surface area contributed by atoms with Crippen LogP contribution in [0.3, 0.4) is 0 Å². The fourth-order valence-electron chi connectivity index (χ4n) is 4.92. The van der Waals surface area contributed by atoms with Gasteiger partial charge in [-0.05, 0) is 62.4 Å². The van der Waals surface area contributed by atoms with E-state index in [1.54, 1.807) is 6.07 Å². The summed E-state index contributed by atoms with van der Waals surface area (Å²) in [6.45, 7) is 1.36. The summed E-state index contributed by atoms with van der Waals surface area (Å²) in [7, 11) is 0. The molecular formula is C24H26F3NO3. The summed E-state index contributed by atoms with van der Waals surface area (Å²) < 4.78 is 55.1. The molecule has 1 saturated carbocycles. The van der Waals surface area contributed by atoms with Crippen molar-refractivity contribution in [3.8, 4) is 11.5 Å². The van der Waals surface area contributed by atoms with Gasteiger partial charge in [-0.1, -0.05) is 30.3 Å². The SMILES string of the molecule is FC(F)(F)Oc1ccc(OC2CC2)c([C@H]2COC3(CCCN[C@H]3c3ccccc3)C2)c1. The maximum absolute atomic E-state index is 12.8. The van der Waals surface area contributed by atoms with Gasteiger partial charge >= 0.3 is 6.36 Å². The Labute approximate surface area is 179 Å². The van der Waals surface area contributed by atoms with Crippen molar-refractivity contribution < 1.29 is 27.4 Å². The summed E-state index contributed by atoms with van der Waals surface area (Å²) in [6.07, 6.45) is 0.00624. The number of hydrogen-bond donors (Lipinski definition) is 1. The Morgan fingerprint density at radius 2 is 1.87 bits per heavy atom. The average Bonchev–Trinajstić information content (AvgIpc) is 3.47. The zero-order valence-electron chi connectivity index (χ0n) is 17.2. The Bertz CT molecular complexity index is 916. The summed E-state index contributed by atoms with van der Waals surface area (Å²) >= 11 is 0.